The third kappa shape index (κ3) is 3.35. The second-order valence-electron chi connectivity index (χ2n) is 5.30. The molecule has 4 nitrogen and oxygen atoms in total. The Morgan fingerprint density at radius 3 is 2.91 bits per heavy atom. The zero-order valence-electron chi connectivity index (χ0n) is 12.5. The third-order valence-electron chi connectivity index (χ3n) is 3.55. The van der Waals surface area contributed by atoms with Crippen LogP contribution in [0.5, 0.6) is 0 Å². The highest BCUT2D eigenvalue weighted by Gasteiger charge is 2.12. The lowest BCUT2D eigenvalue weighted by Gasteiger charge is -2.06. The third-order valence-corrected chi connectivity index (χ3v) is 3.91. The van der Waals surface area contributed by atoms with Crippen LogP contribution in [0.1, 0.15) is 21.6 Å². The van der Waals surface area contributed by atoms with Crippen LogP contribution in [-0.2, 0) is 6.42 Å². The molecule has 3 rings (SSSR count). The van der Waals surface area contributed by atoms with Gasteiger partial charge >= 0.3 is 0 Å². The molecule has 1 amide bonds. The molecule has 118 valence electrons. The highest BCUT2D eigenvalue weighted by molar-refractivity contribution is 6.31. The number of hydrogen-bond donors (Lipinski definition) is 1. The lowest BCUT2D eigenvalue weighted by molar-refractivity contribution is 0.0949. The van der Waals surface area contributed by atoms with Gasteiger partial charge in [0.25, 0.3) is 5.91 Å². The number of imidazole rings is 1. The monoisotopic (exact) mass is 331 g/mol. The van der Waals surface area contributed by atoms with E-state index in [2.05, 4.69) is 10.3 Å². The van der Waals surface area contributed by atoms with Gasteiger partial charge < -0.3 is 9.72 Å². The van der Waals surface area contributed by atoms with Crippen molar-refractivity contribution < 1.29 is 9.18 Å². The van der Waals surface area contributed by atoms with E-state index in [0.29, 0.717) is 28.3 Å². The first kappa shape index (κ1) is 15.5. The van der Waals surface area contributed by atoms with Gasteiger partial charge in [0.15, 0.2) is 0 Å². The fraction of sp³-hybridized carbons (Fsp3) is 0.176. The lowest BCUT2D eigenvalue weighted by Crippen LogP contribution is -2.26. The summed E-state index contributed by atoms with van der Waals surface area (Å²) < 4.78 is 15.5. The van der Waals surface area contributed by atoms with Crippen LogP contribution in [-0.4, -0.2) is 21.8 Å². The standard InChI is InChI=1S/C17H15ClFN3O/c1-11-5-6-16-21-15(10-22(16)9-11)17(23)20-8-7-12-13(18)3-2-4-14(12)19/h2-6,9-10H,7-8H2,1H3,(H,20,23). The van der Waals surface area contributed by atoms with Gasteiger partial charge in [-0.3, -0.25) is 4.79 Å². The van der Waals surface area contributed by atoms with Crippen LogP contribution in [0.15, 0.2) is 42.7 Å². The number of carbonyl (C=O) groups is 1. The Morgan fingerprint density at radius 2 is 2.13 bits per heavy atom. The van der Waals surface area contributed by atoms with Crippen LogP contribution in [0.3, 0.4) is 0 Å². The SMILES string of the molecule is Cc1ccc2nc(C(=O)NCCc3c(F)cccc3Cl)cn2c1. The molecule has 0 saturated heterocycles. The molecule has 0 unspecified atom stereocenters. The number of pyridine rings is 1. The average molecular weight is 332 g/mol. The Kier molecular flexibility index (Phi) is 4.30. The van der Waals surface area contributed by atoms with Gasteiger partial charge in [-0.1, -0.05) is 23.7 Å². The maximum atomic E-state index is 13.7. The average Bonchev–Trinajstić information content (AvgIpc) is 2.93. The number of carbonyl (C=O) groups excluding carboxylic acids is 1. The van der Waals surface area contributed by atoms with Crippen molar-refractivity contribution in [3.05, 3.63) is 70.4 Å². The van der Waals surface area contributed by atoms with Crippen LogP contribution in [0.2, 0.25) is 5.02 Å². The van der Waals surface area contributed by atoms with Gasteiger partial charge in [-0.15, -0.1) is 0 Å². The van der Waals surface area contributed by atoms with E-state index in [-0.39, 0.29) is 18.3 Å². The minimum absolute atomic E-state index is 0.284. The maximum absolute atomic E-state index is 13.7. The Labute approximate surface area is 137 Å². The van der Waals surface area contributed by atoms with Crippen LogP contribution in [0, 0.1) is 12.7 Å². The normalized spacial score (nSPS) is 10.9. The number of nitrogens with one attached hydrogen (secondary N) is 1. The Bertz CT molecular complexity index is 855. The van der Waals surface area contributed by atoms with Crippen molar-refractivity contribution in [2.24, 2.45) is 0 Å². The zero-order valence-corrected chi connectivity index (χ0v) is 13.3. The number of aryl methyl sites for hydroxylation is 1. The van der Waals surface area contributed by atoms with E-state index in [1.165, 1.54) is 6.07 Å². The molecule has 0 radical (unpaired) electrons. The topological polar surface area (TPSA) is 46.4 Å². The molecule has 0 fully saturated rings. The molecule has 0 aliphatic rings. The Hall–Kier alpha value is -2.40. The number of fused-ring (bicyclic) bond motifs is 1. The van der Waals surface area contributed by atoms with Gasteiger partial charge in [-0.2, -0.15) is 0 Å². The first-order valence-corrected chi connectivity index (χ1v) is 7.59. The molecule has 1 aromatic carbocycles. The van der Waals surface area contributed by atoms with Crippen LogP contribution < -0.4 is 5.32 Å². The largest absolute Gasteiger partial charge is 0.350 e. The van der Waals surface area contributed by atoms with E-state index in [1.54, 1.807) is 22.7 Å². The summed E-state index contributed by atoms with van der Waals surface area (Å²) in [5.74, 6) is -0.659. The summed E-state index contributed by atoms with van der Waals surface area (Å²) in [6, 6.07) is 8.33. The summed E-state index contributed by atoms with van der Waals surface area (Å²) in [6.07, 6.45) is 3.90. The van der Waals surface area contributed by atoms with Crippen molar-refractivity contribution in [3.8, 4) is 0 Å². The van der Waals surface area contributed by atoms with Crippen molar-refractivity contribution in [2.45, 2.75) is 13.3 Å². The minimum Gasteiger partial charge on any atom is -0.350 e. The lowest BCUT2D eigenvalue weighted by atomic mass is 10.1. The van der Waals surface area contributed by atoms with Gasteiger partial charge in [0.05, 0.1) is 0 Å². The summed E-state index contributed by atoms with van der Waals surface area (Å²) in [6.45, 7) is 2.25. The fourth-order valence-electron chi connectivity index (χ4n) is 2.38. The molecule has 1 N–H and O–H groups in total. The number of aromatic nitrogens is 2. The summed E-state index contributed by atoms with van der Waals surface area (Å²) in [5, 5.41) is 3.10. The van der Waals surface area contributed by atoms with Crippen molar-refractivity contribution in [1.82, 2.24) is 14.7 Å². The van der Waals surface area contributed by atoms with Crippen molar-refractivity contribution in [1.29, 1.82) is 0 Å². The number of halogens is 2. The van der Waals surface area contributed by atoms with E-state index in [0.717, 1.165) is 5.56 Å². The van der Waals surface area contributed by atoms with Gasteiger partial charge in [0.2, 0.25) is 0 Å². The molecule has 3 aromatic rings. The predicted molar refractivity (Wildman–Crippen MR) is 87.4 cm³/mol. The Morgan fingerprint density at radius 1 is 1.30 bits per heavy atom. The molecular formula is C17H15ClFN3O. The molecule has 23 heavy (non-hydrogen) atoms. The van der Waals surface area contributed by atoms with Crippen molar-refractivity contribution in [2.75, 3.05) is 6.54 Å². The predicted octanol–water partition coefficient (Wildman–Crippen LogP) is 3.41. The summed E-state index contributed by atoms with van der Waals surface area (Å²) in [5.41, 5.74) is 2.52. The van der Waals surface area contributed by atoms with Crippen molar-refractivity contribution in [3.63, 3.8) is 0 Å². The molecule has 2 heterocycles. The second-order valence-corrected chi connectivity index (χ2v) is 5.71. The number of rotatable bonds is 4. The second kappa shape index (κ2) is 6.38. The number of nitrogens with zero attached hydrogens (tertiary/aromatic N) is 2. The number of amides is 1. The van der Waals surface area contributed by atoms with E-state index < -0.39 is 0 Å². The maximum Gasteiger partial charge on any atom is 0.271 e. The zero-order chi connectivity index (χ0) is 16.4. The highest BCUT2D eigenvalue weighted by Crippen LogP contribution is 2.19. The molecular weight excluding hydrogens is 317 g/mol. The minimum atomic E-state index is -0.366. The fourth-order valence-corrected chi connectivity index (χ4v) is 2.63. The van der Waals surface area contributed by atoms with Gasteiger partial charge in [0, 0.05) is 29.5 Å². The van der Waals surface area contributed by atoms with Crippen LogP contribution in [0.4, 0.5) is 4.39 Å². The van der Waals surface area contributed by atoms with E-state index >= 15 is 0 Å². The molecule has 0 aliphatic heterocycles. The molecule has 2 aromatic heterocycles. The summed E-state index contributed by atoms with van der Waals surface area (Å²) >= 11 is 5.96. The number of hydrogen-bond acceptors (Lipinski definition) is 2. The smallest absolute Gasteiger partial charge is 0.271 e. The quantitative estimate of drug-likeness (QED) is 0.796. The van der Waals surface area contributed by atoms with Crippen LogP contribution in [0.25, 0.3) is 5.65 Å². The Balaban J connectivity index is 1.67. The summed E-state index contributed by atoms with van der Waals surface area (Å²) in [7, 11) is 0. The van der Waals surface area contributed by atoms with Crippen molar-refractivity contribution >= 4 is 23.2 Å². The highest BCUT2D eigenvalue weighted by atomic mass is 35.5. The molecule has 6 heteroatoms. The van der Waals surface area contributed by atoms with Crippen LogP contribution >= 0.6 is 11.6 Å². The number of benzene rings is 1. The molecule has 0 aliphatic carbocycles. The van der Waals surface area contributed by atoms with E-state index in [1.807, 2.05) is 25.3 Å². The van der Waals surface area contributed by atoms with E-state index in [4.69, 9.17) is 11.6 Å². The van der Waals surface area contributed by atoms with Gasteiger partial charge in [0.1, 0.15) is 17.2 Å². The van der Waals surface area contributed by atoms with Gasteiger partial charge in [-0.25, -0.2) is 9.37 Å². The molecule has 0 atom stereocenters. The first-order chi connectivity index (χ1) is 11.0. The molecule has 0 saturated carbocycles. The molecule has 0 spiro atoms. The summed E-state index contributed by atoms with van der Waals surface area (Å²) in [4.78, 5) is 16.4. The van der Waals surface area contributed by atoms with Gasteiger partial charge in [-0.05, 0) is 37.1 Å². The molecule has 0 bridgehead atoms. The van der Waals surface area contributed by atoms with E-state index in [9.17, 15) is 9.18 Å². The first-order valence-electron chi connectivity index (χ1n) is 7.21.